The molecule has 0 saturated heterocycles. The van der Waals surface area contributed by atoms with E-state index >= 15 is 0 Å². The summed E-state index contributed by atoms with van der Waals surface area (Å²) in [5, 5.41) is 0. The van der Waals surface area contributed by atoms with Gasteiger partial charge in [0.1, 0.15) is 0 Å². The van der Waals surface area contributed by atoms with E-state index in [0.717, 1.165) is 12.8 Å². The second-order valence-electron chi connectivity index (χ2n) is 3.98. The quantitative estimate of drug-likeness (QED) is 0.666. The van der Waals surface area contributed by atoms with Gasteiger partial charge in [-0.2, -0.15) is 0 Å². The molecule has 0 spiro atoms. The van der Waals surface area contributed by atoms with Crippen LogP contribution in [0.2, 0.25) is 0 Å². The van der Waals surface area contributed by atoms with Crippen LogP contribution in [0, 0.1) is 0 Å². The van der Waals surface area contributed by atoms with E-state index in [1.165, 1.54) is 17.6 Å². The Morgan fingerprint density at radius 3 is 2.33 bits per heavy atom. The Bertz CT molecular complexity index is 393. The molecule has 15 heavy (non-hydrogen) atoms. The van der Waals surface area contributed by atoms with Gasteiger partial charge in [-0.05, 0) is 36.0 Å². The summed E-state index contributed by atoms with van der Waals surface area (Å²) in [6.07, 6.45) is 5.89. The molecule has 0 aromatic heterocycles. The van der Waals surface area contributed by atoms with Crippen molar-refractivity contribution >= 4 is 5.57 Å². The fourth-order valence-electron chi connectivity index (χ4n) is 2.37. The summed E-state index contributed by atoms with van der Waals surface area (Å²) in [6.45, 7) is 4.51. The Labute approximate surface area is 92.3 Å². The van der Waals surface area contributed by atoms with E-state index in [-0.39, 0.29) is 0 Å². The molecule has 0 aliphatic heterocycles. The molecule has 0 heterocycles. The molecule has 1 aromatic carbocycles. The number of hydrogen-bond acceptors (Lipinski definition) is 0. The molecule has 78 valence electrons. The van der Waals surface area contributed by atoms with Crippen molar-refractivity contribution in [3.63, 3.8) is 0 Å². The standard InChI is InChI=1S/C15H18/c1-3-12-10-11-15(14(12)4-2)13-8-6-5-7-9-13/h5-9,11H,3-4,10H2,1-2H3. The van der Waals surface area contributed by atoms with Gasteiger partial charge in [-0.1, -0.05) is 55.8 Å². The van der Waals surface area contributed by atoms with Crippen LogP contribution in [-0.4, -0.2) is 0 Å². The van der Waals surface area contributed by atoms with Gasteiger partial charge in [-0.3, -0.25) is 0 Å². The van der Waals surface area contributed by atoms with Crippen molar-refractivity contribution < 1.29 is 0 Å². The zero-order valence-corrected chi connectivity index (χ0v) is 9.59. The average Bonchev–Trinajstić information content (AvgIpc) is 2.72. The zero-order chi connectivity index (χ0) is 10.7. The van der Waals surface area contributed by atoms with Crippen LogP contribution in [0.3, 0.4) is 0 Å². The van der Waals surface area contributed by atoms with Crippen LogP contribution >= 0.6 is 0 Å². The van der Waals surface area contributed by atoms with Crippen molar-refractivity contribution in [1.82, 2.24) is 0 Å². The highest BCUT2D eigenvalue weighted by Crippen LogP contribution is 2.36. The van der Waals surface area contributed by atoms with Crippen molar-refractivity contribution in [3.8, 4) is 0 Å². The van der Waals surface area contributed by atoms with Gasteiger partial charge in [0.2, 0.25) is 0 Å². The molecule has 0 unspecified atom stereocenters. The largest absolute Gasteiger partial charge is 0.0723 e. The Balaban J connectivity index is 2.37. The van der Waals surface area contributed by atoms with Crippen molar-refractivity contribution in [2.75, 3.05) is 0 Å². The summed E-state index contributed by atoms with van der Waals surface area (Å²) in [6, 6.07) is 10.7. The van der Waals surface area contributed by atoms with Gasteiger partial charge in [-0.25, -0.2) is 0 Å². The summed E-state index contributed by atoms with van der Waals surface area (Å²) in [7, 11) is 0. The number of hydrogen-bond donors (Lipinski definition) is 0. The summed E-state index contributed by atoms with van der Waals surface area (Å²) in [4.78, 5) is 0. The van der Waals surface area contributed by atoms with E-state index in [1.807, 2.05) is 0 Å². The maximum absolute atomic E-state index is 2.38. The smallest absolute Gasteiger partial charge is 0.0124 e. The maximum Gasteiger partial charge on any atom is -0.0124 e. The second kappa shape index (κ2) is 4.48. The molecule has 1 aliphatic rings. The number of rotatable bonds is 3. The number of benzene rings is 1. The maximum atomic E-state index is 2.38. The van der Waals surface area contributed by atoms with E-state index in [9.17, 15) is 0 Å². The highest BCUT2D eigenvalue weighted by Gasteiger charge is 2.15. The lowest BCUT2D eigenvalue weighted by atomic mass is 9.96. The van der Waals surface area contributed by atoms with Gasteiger partial charge in [0, 0.05) is 0 Å². The monoisotopic (exact) mass is 198 g/mol. The average molecular weight is 198 g/mol. The third-order valence-electron chi connectivity index (χ3n) is 3.17. The SMILES string of the molecule is CCC1=C(CC)C(c2ccccc2)=CC1. The molecule has 0 N–H and O–H groups in total. The molecule has 0 saturated carbocycles. The minimum atomic E-state index is 1.16. The van der Waals surface area contributed by atoms with E-state index in [4.69, 9.17) is 0 Å². The van der Waals surface area contributed by atoms with Crippen LogP contribution < -0.4 is 0 Å². The van der Waals surface area contributed by atoms with Crippen LogP contribution in [0.4, 0.5) is 0 Å². The molecule has 0 nitrogen and oxygen atoms in total. The van der Waals surface area contributed by atoms with Gasteiger partial charge < -0.3 is 0 Å². The fourth-order valence-corrected chi connectivity index (χ4v) is 2.37. The minimum absolute atomic E-state index is 1.16. The topological polar surface area (TPSA) is 0 Å². The summed E-state index contributed by atoms with van der Waals surface area (Å²) < 4.78 is 0. The molecule has 2 rings (SSSR count). The normalized spacial score (nSPS) is 15.7. The lowest BCUT2D eigenvalue weighted by Crippen LogP contribution is -1.88. The van der Waals surface area contributed by atoms with Crippen molar-refractivity contribution in [2.45, 2.75) is 33.1 Å². The van der Waals surface area contributed by atoms with Gasteiger partial charge in [-0.15, -0.1) is 0 Å². The zero-order valence-electron chi connectivity index (χ0n) is 9.59. The first-order chi connectivity index (χ1) is 7.36. The molecule has 0 radical (unpaired) electrons. The lowest BCUT2D eigenvalue weighted by molar-refractivity contribution is 0.999. The van der Waals surface area contributed by atoms with E-state index in [1.54, 1.807) is 11.1 Å². The predicted molar refractivity (Wildman–Crippen MR) is 66.6 cm³/mol. The first kappa shape index (κ1) is 10.2. The molecule has 0 heteroatoms. The van der Waals surface area contributed by atoms with E-state index < -0.39 is 0 Å². The fraction of sp³-hybridized carbons (Fsp3) is 0.333. The summed E-state index contributed by atoms with van der Waals surface area (Å²) >= 11 is 0. The second-order valence-corrected chi connectivity index (χ2v) is 3.98. The van der Waals surface area contributed by atoms with Crippen molar-refractivity contribution in [2.24, 2.45) is 0 Å². The molecule has 0 atom stereocenters. The molecule has 0 bridgehead atoms. The van der Waals surface area contributed by atoms with Crippen molar-refractivity contribution in [1.29, 1.82) is 0 Å². The third-order valence-corrected chi connectivity index (χ3v) is 3.17. The highest BCUT2D eigenvalue weighted by atomic mass is 14.2. The first-order valence-corrected chi connectivity index (χ1v) is 5.83. The Morgan fingerprint density at radius 2 is 1.73 bits per heavy atom. The molecule has 0 fully saturated rings. The first-order valence-electron chi connectivity index (χ1n) is 5.83. The van der Waals surface area contributed by atoms with Gasteiger partial charge in [0.15, 0.2) is 0 Å². The summed E-state index contributed by atoms with van der Waals surface area (Å²) in [5.41, 5.74) is 6.04. The van der Waals surface area contributed by atoms with Gasteiger partial charge in [0.25, 0.3) is 0 Å². The van der Waals surface area contributed by atoms with Gasteiger partial charge >= 0.3 is 0 Å². The molecular formula is C15H18. The molecule has 1 aromatic rings. The summed E-state index contributed by atoms with van der Waals surface area (Å²) in [5.74, 6) is 0. The Hall–Kier alpha value is -1.30. The highest BCUT2D eigenvalue weighted by molar-refractivity contribution is 5.82. The Morgan fingerprint density at radius 1 is 1.00 bits per heavy atom. The molecule has 1 aliphatic carbocycles. The molecule has 0 amide bonds. The van der Waals surface area contributed by atoms with Crippen molar-refractivity contribution in [3.05, 3.63) is 53.1 Å². The van der Waals surface area contributed by atoms with Crippen LogP contribution in [0.5, 0.6) is 0 Å². The minimum Gasteiger partial charge on any atom is -0.0723 e. The van der Waals surface area contributed by atoms with Crippen LogP contribution in [0.15, 0.2) is 47.6 Å². The molecular weight excluding hydrogens is 180 g/mol. The van der Waals surface area contributed by atoms with Crippen LogP contribution in [0.25, 0.3) is 5.57 Å². The van der Waals surface area contributed by atoms with Gasteiger partial charge in [0.05, 0.1) is 0 Å². The van der Waals surface area contributed by atoms with Crippen LogP contribution in [-0.2, 0) is 0 Å². The lowest BCUT2D eigenvalue weighted by Gasteiger charge is -2.09. The number of allylic oxidation sites excluding steroid dienone is 4. The third kappa shape index (κ3) is 1.90. The Kier molecular flexibility index (Phi) is 3.05. The predicted octanol–water partition coefficient (Wildman–Crippen LogP) is 4.59. The van der Waals surface area contributed by atoms with E-state index in [0.29, 0.717) is 0 Å². The van der Waals surface area contributed by atoms with Crippen LogP contribution in [0.1, 0.15) is 38.7 Å². The van der Waals surface area contributed by atoms with E-state index in [2.05, 4.69) is 50.3 Å².